The van der Waals surface area contributed by atoms with Crippen molar-refractivity contribution in [3.63, 3.8) is 0 Å². The van der Waals surface area contributed by atoms with Gasteiger partial charge in [0.15, 0.2) is 17.6 Å². The molecule has 4 heterocycles. The average molecular weight is 627 g/mol. The lowest BCUT2D eigenvalue weighted by Gasteiger charge is -2.34. The number of nitrogens with zero attached hydrogens (tertiary/aromatic N) is 6. The molecule has 3 aromatic heterocycles. The Balaban J connectivity index is 1.18. The molecule has 0 bridgehead atoms. The van der Waals surface area contributed by atoms with Gasteiger partial charge in [-0.2, -0.15) is 5.10 Å². The first kappa shape index (κ1) is 30.3. The van der Waals surface area contributed by atoms with Crippen LogP contribution in [0.25, 0.3) is 5.65 Å². The number of carbonyl (C=O) groups excluding carboxylic acids is 2. The van der Waals surface area contributed by atoms with E-state index in [0.717, 1.165) is 0 Å². The van der Waals surface area contributed by atoms with Crippen LogP contribution < -0.4 is 10.6 Å². The Morgan fingerprint density at radius 1 is 1.09 bits per heavy atom. The lowest BCUT2D eigenvalue weighted by molar-refractivity contribution is -0.136. The van der Waals surface area contributed by atoms with Gasteiger partial charge in [0, 0.05) is 57.3 Å². The van der Waals surface area contributed by atoms with Gasteiger partial charge in [-0.25, -0.2) is 36.1 Å². The van der Waals surface area contributed by atoms with Crippen molar-refractivity contribution < 1.29 is 41.3 Å². The molecule has 3 aromatic rings. The number of aromatic nitrogens is 5. The molecule has 3 N–H and O–H groups in total. The standard InChI is InChI=1S/C27H31F5N8O4/c28-17-10-39(11-17)12-19-23(38-44-37-19)25(43)36-22(15-1-3-26(29,30)4-2-15)18-13-40-20(34-18)6-16(9-33-40)24(42)35-21(41)5-14-7-27(31,32)8-14/h6,9,13-15,17,22,24,42H,1-5,7-8,10-12H2,(H,35,41)(H,36,43)/t22-,24+/m0/s1. The van der Waals surface area contributed by atoms with E-state index in [0.29, 0.717) is 5.69 Å². The molecule has 0 unspecified atom stereocenters. The van der Waals surface area contributed by atoms with E-state index in [1.54, 1.807) is 4.90 Å². The first-order valence-corrected chi connectivity index (χ1v) is 14.4. The zero-order valence-electron chi connectivity index (χ0n) is 23.4. The lowest BCUT2D eigenvalue weighted by Crippen LogP contribution is -2.47. The number of imidazole rings is 1. The average Bonchev–Trinajstić information content (AvgIpc) is 3.56. The Morgan fingerprint density at radius 2 is 1.82 bits per heavy atom. The Morgan fingerprint density at radius 3 is 2.50 bits per heavy atom. The first-order valence-electron chi connectivity index (χ1n) is 14.4. The van der Waals surface area contributed by atoms with E-state index in [-0.39, 0.29) is 87.2 Å². The summed E-state index contributed by atoms with van der Waals surface area (Å²) in [6.07, 6.45) is -0.999. The van der Waals surface area contributed by atoms with Crippen molar-refractivity contribution in [2.24, 2.45) is 11.8 Å². The quantitative estimate of drug-likeness (QED) is 0.228. The van der Waals surface area contributed by atoms with Gasteiger partial charge in [-0.3, -0.25) is 14.5 Å². The molecule has 17 heteroatoms. The molecule has 2 atom stereocenters. The molecular weight excluding hydrogens is 595 g/mol. The van der Waals surface area contributed by atoms with Crippen LogP contribution in [-0.2, 0) is 11.3 Å². The fourth-order valence-corrected chi connectivity index (χ4v) is 6.06. The minimum absolute atomic E-state index is 0.105. The van der Waals surface area contributed by atoms with Gasteiger partial charge in [-0.1, -0.05) is 5.16 Å². The van der Waals surface area contributed by atoms with E-state index in [1.165, 1.54) is 23.0 Å². The van der Waals surface area contributed by atoms with Gasteiger partial charge in [0.25, 0.3) is 5.91 Å². The van der Waals surface area contributed by atoms with Crippen LogP contribution in [0.4, 0.5) is 22.0 Å². The molecule has 0 spiro atoms. The zero-order valence-corrected chi connectivity index (χ0v) is 23.4. The highest BCUT2D eigenvalue weighted by Gasteiger charge is 2.46. The van der Waals surface area contributed by atoms with Crippen molar-refractivity contribution in [2.75, 3.05) is 13.1 Å². The smallest absolute Gasteiger partial charge is 0.276 e. The van der Waals surface area contributed by atoms with Crippen molar-refractivity contribution in [1.82, 2.24) is 40.4 Å². The Hall–Kier alpha value is -3.73. The Labute approximate surface area is 247 Å². The minimum atomic E-state index is -2.81. The topological polar surface area (TPSA) is 151 Å². The zero-order chi connectivity index (χ0) is 31.2. The van der Waals surface area contributed by atoms with Crippen LogP contribution in [0, 0.1) is 11.8 Å². The molecule has 1 saturated heterocycles. The van der Waals surface area contributed by atoms with Gasteiger partial charge < -0.3 is 15.7 Å². The molecule has 3 aliphatic rings. The number of fused-ring (bicyclic) bond motifs is 1. The van der Waals surface area contributed by atoms with Gasteiger partial charge in [0.2, 0.25) is 17.8 Å². The van der Waals surface area contributed by atoms with Gasteiger partial charge in [-0.05, 0) is 35.9 Å². The summed E-state index contributed by atoms with van der Waals surface area (Å²) in [4.78, 5) is 31.9. The van der Waals surface area contributed by atoms with Crippen LogP contribution in [-0.4, -0.2) is 77.8 Å². The Bertz CT molecular complexity index is 1510. The maximum Gasteiger partial charge on any atom is 0.276 e. The number of nitrogens with one attached hydrogen (secondary N) is 2. The van der Waals surface area contributed by atoms with Gasteiger partial charge >= 0.3 is 0 Å². The summed E-state index contributed by atoms with van der Waals surface area (Å²) in [5, 5.41) is 27.5. The van der Waals surface area contributed by atoms with E-state index >= 15 is 0 Å². The number of carbonyl (C=O) groups is 2. The summed E-state index contributed by atoms with van der Waals surface area (Å²) in [5.41, 5.74) is 0.856. The van der Waals surface area contributed by atoms with Crippen LogP contribution in [0.2, 0.25) is 0 Å². The van der Waals surface area contributed by atoms with Crippen LogP contribution in [0.15, 0.2) is 23.1 Å². The first-order chi connectivity index (χ1) is 20.8. The largest absolute Gasteiger partial charge is 0.369 e. The number of alkyl halides is 5. The SMILES string of the molecule is O=C(CC1CC(F)(F)C1)N[C@H](O)c1cnn2cc([C@@H](NC(=O)c3nonc3CN3CC(F)C3)C3CCC(F)(F)CC3)nc2c1. The van der Waals surface area contributed by atoms with Gasteiger partial charge in [0.1, 0.15) is 11.9 Å². The van der Waals surface area contributed by atoms with Crippen molar-refractivity contribution in [2.45, 2.75) is 81.8 Å². The van der Waals surface area contributed by atoms with Gasteiger partial charge in [-0.15, -0.1) is 0 Å². The summed E-state index contributed by atoms with van der Waals surface area (Å²) in [7, 11) is 0. The number of aliphatic hydroxyl groups excluding tert-OH is 1. The van der Waals surface area contributed by atoms with Crippen molar-refractivity contribution in [3.05, 3.63) is 41.1 Å². The van der Waals surface area contributed by atoms with Crippen LogP contribution in [0.1, 0.15) is 84.7 Å². The normalized spacial score (nSPS) is 22.2. The third-order valence-corrected chi connectivity index (χ3v) is 8.52. The predicted molar refractivity (Wildman–Crippen MR) is 140 cm³/mol. The van der Waals surface area contributed by atoms with E-state index in [9.17, 15) is 36.6 Å². The fraction of sp³-hybridized carbons (Fsp3) is 0.630. The number of hydrogen-bond acceptors (Lipinski definition) is 9. The second-order valence-electron chi connectivity index (χ2n) is 12.1. The van der Waals surface area contributed by atoms with Crippen molar-refractivity contribution in [3.8, 4) is 0 Å². The monoisotopic (exact) mass is 626 g/mol. The third kappa shape index (κ3) is 6.67. The molecule has 238 valence electrons. The predicted octanol–water partition coefficient (Wildman–Crippen LogP) is 3.11. The number of likely N-dealkylation sites (tertiary alicyclic amines) is 1. The van der Waals surface area contributed by atoms with Crippen LogP contribution in [0.5, 0.6) is 0 Å². The fourth-order valence-electron chi connectivity index (χ4n) is 6.06. The molecule has 44 heavy (non-hydrogen) atoms. The summed E-state index contributed by atoms with van der Waals surface area (Å²) >= 11 is 0. The molecular formula is C27H31F5N8O4. The highest BCUT2D eigenvalue weighted by Crippen LogP contribution is 2.44. The molecule has 1 aliphatic heterocycles. The molecule has 12 nitrogen and oxygen atoms in total. The number of amides is 2. The molecule has 0 radical (unpaired) electrons. The maximum atomic E-state index is 14.0. The highest BCUT2D eigenvalue weighted by atomic mass is 19.3. The molecule has 2 amide bonds. The van der Waals surface area contributed by atoms with Crippen molar-refractivity contribution in [1.29, 1.82) is 0 Å². The van der Waals surface area contributed by atoms with Gasteiger partial charge in [0.05, 0.1) is 24.1 Å². The summed E-state index contributed by atoms with van der Waals surface area (Å²) in [5.74, 6) is -7.67. The summed E-state index contributed by atoms with van der Waals surface area (Å²) in [6.45, 7) is 0.543. The van der Waals surface area contributed by atoms with Crippen LogP contribution in [0.3, 0.4) is 0 Å². The minimum Gasteiger partial charge on any atom is -0.369 e. The number of halogens is 5. The lowest BCUT2D eigenvalue weighted by atomic mass is 9.79. The second kappa shape index (κ2) is 11.6. The Kier molecular flexibility index (Phi) is 8.02. The van der Waals surface area contributed by atoms with Crippen LogP contribution >= 0.6 is 0 Å². The number of rotatable bonds is 10. The molecule has 2 aliphatic carbocycles. The van der Waals surface area contributed by atoms with E-state index in [2.05, 4.69) is 31.0 Å². The third-order valence-electron chi connectivity index (χ3n) is 8.52. The molecule has 6 rings (SSSR count). The molecule has 0 aromatic carbocycles. The highest BCUT2D eigenvalue weighted by molar-refractivity contribution is 5.93. The summed E-state index contributed by atoms with van der Waals surface area (Å²) < 4.78 is 73.6. The van der Waals surface area contributed by atoms with E-state index in [1.807, 2.05) is 0 Å². The van der Waals surface area contributed by atoms with E-state index < -0.39 is 53.9 Å². The van der Waals surface area contributed by atoms with E-state index in [4.69, 9.17) is 4.63 Å². The summed E-state index contributed by atoms with van der Waals surface area (Å²) in [6, 6.07) is 0.635. The van der Waals surface area contributed by atoms with Crippen molar-refractivity contribution >= 4 is 17.5 Å². The second-order valence-corrected chi connectivity index (χ2v) is 12.1. The molecule has 2 saturated carbocycles. The maximum absolute atomic E-state index is 14.0. The number of aliphatic hydroxyl groups is 1. The molecule has 3 fully saturated rings. The number of hydrogen-bond donors (Lipinski definition) is 3.